The van der Waals surface area contributed by atoms with Gasteiger partial charge >= 0.3 is 29.1 Å². The van der Waals surface area contributed by atoms with Crippen LogP contribution < -0.4 is 10.2 Å². The van der Waals surface area contributed by atoms with E-state index in [9.17, 15) is 36.6 Å². The zero-order valence-corrected chi connectivity index (χ0v) is 22.7. The molecule has 1 radical (unpaired) electrons. The average Bonchev–Trinajstić information content (AvgIpc) is 2.81. The zero-order valence-electron chi connectivity index (χ0n) is 21.6. The van der Waals surface area contributed by atoms with Gasteiger partial charge in [0, 0.05) is 35.5 Å². The van der Waals surface area contributed by atoms with E-state index in [2.05, 4.69) is 9.98 Å². The third kappa shape index (κ3) is 14.6. The fourth-order valence-corrected chi connectivity index (χ4v) is 3.40. The van der Waals surface area contributed by atoms with Crippen LogP contribution in [0.3, 0.4) is 0 Å². The molecule has 15 heteroatoms. The first-order valence-corrected chi connectivity index (χ1v) is 11.6. The SMILES string of the molecule is CC(=O)[O-].CC(=O)[O-].Oc1ccc(C(F)(F)F)cc1C=NC1CCC(N=Cc2cc(C(F)(F)F)ccc2O)CC1.[Co+2]. The predicted octanol–water partition coefficient (Wildman–Crippen LogP) is 3.49. The minimum Gasteiger partial charge on any atom is -0.550 e. The molecule has 0 saturated heterocycles. The van der Waals surface area contributed by atoms with Crippen molar-refractivity contribution in [2.45, 2.75) is 64.0 Å². The Labute approximate surface area is 241 Å². The molecule has 8 nitrogen and oxygen atoms in total. The number of carboxylic acids is 2. The standard InChI is InChI=1S/C22H20F6N2O2.2C2H4O2.Co/c23-21(24,25)15-1-7-19(31)13(9-15)11-29-17-3-5-18(6-4-17)30-12-14-10-16(22(26,27)28)2-8-20(14)32;2*1-2(3)4;/h1-2,7-12,17-18,31-32H,3-6H2;2*1H3,(H,3,4);/q;;;+2/p-2. The van der Waals surface area contributed by atoms with E-state index in [4.69, 9.17) is 19.8 Å². The number of hydrogen-bond donors (Lipinski definition) is 2. The molecule has 0 amide bonds. The first-order valence-electron chi connectivity index (χ1n) is 11.6. The van der Waals surface area contributed by atoms with E-state index in [0.29, 0.717) is 25.7 Å². The summed E-state index contributed by atoms with van der Waals surface area (Å²) in [7, 11) is 0. The van der Waals surface area contributed by atoms with Gasteiger partial charge in [-0.3, -0.25) is 9.98 Å². The van der Waals surface area contributed by atoms with Crippen molar-refractivity contribution in [2.75, 3.05) is 0 Å². The molecule has 1 aliphatic rings. The number of aromatic hydroxyl groups is 2. The van der Waals surface area contributed by atoms with Crippen LogP contribution in [0, 0.1) is 0 Å². The minimum absolute atomic E-state index is 0. The van der Waals surface area contributed by atoms with Crippen LogP contribution >= 0.6 is 0 Å². The van der Waals surface area contributed by atoms with Crippen molar-refractivity contribution in [1.29, 1.82) is 0 Å². The molecule has 0 atom stereocenters. The Bertz CT molecular complexity index is 1110. The smallest absolute Gasteiger partial charge is 0.550 e. The Hall–Kier alpha value is -3.59. The number of phenolic OH excluding ortho intramolecular Hbond substituents is 2. The van der Waals surface area contributed by atoms with Crippen molar-refractivity contribution in [2.24, 2.45) is 9.98 Å². The van der Waals surface area contributed by atoms with Gasteiger partial charge in [0.1, 0.15) is 11.5 Å². The quantitative estimate of drug-likeness (QED) is 0.389. The number of alkyl halides is 6. The summed E-state index contributed by atoms with van der Waals surface area (Å²) in [6, 6.07) is 4.84. The molecule has 2 N–H and O–H groups in total. The number of carboxylic acid groups (broad SMARTS) is 2. The number of carbonyl (C=O) groups is 2. The fourth-order valence-electron chi connectivity index (χ4n) is 3.40. The molecule has 0 unspecified atom stereocenters. The second-order valence-corrected chi connectivity index (χ2v) is 8.54. The topological polar surface area (TPSA) is 145 Å². The van der Waals surface area contributed by atoms with E-state index in [1.165, 1.54) is 12.4 Å². The molecule has 0 aromatic heterocycles. The van der Waals surface area contributed by atoms with E-state index < -0.39 is 35.4 Å². The number of rotatable bonds is 4. The summed E-state index contributed by atoms with van der Waals surface area (Å²) >= 11 is 0. The summed E-state index contributed by atoms with van der Waals surface area (Å²) in [5.41, 5.74) is -1.82. The van der Waals surface area contributed by atoms with Gasteiger partial charge in [0.25, 0.3) is 0 Å². The van der Waals surface area contributed by atoms with Crippen LogP contribution in [-0.2, 0) is 38.7 Å². The Morgan fingerprint density at radius 1 is 0.732 bits per heavy atom. The van der Waals surface area contributed by atoms with Gasteiger partial charge in [-0.05, 0) is 75.9 Å². The Morgan fingerprint density at radius 3 is 1.24 bits per heavy atom. The fraction of sp³-hybridized carbons (Fsp3) is 0.385. The maximum absolute atomic E-state index is 12.8. The van der Waals surface area contributed by atoms with Crippen LogP contribution in [0.2, 0.25) is 0 Å². The summed E-state index contributed by atoms with van der Waals surface area (Å²) in [5.74, 6) is -2.78. The molecule has 1 aliphatic carbocycles. The molecule has 0 spiro atoms. The van der Waals surface area contributed by atoms with Gasteiger partial charge in [0.15, 0.2) is 0 Å². The molecule has 0 aliphatic heterocycles. The molecule has 2 aromatic carbocycles. The van der Waals surface area contributed by atoms with Crippen LogP contribution in [0.15, 0.2) is 46.4 Å². The molecule has 2 aromatic rings. The number of halogens is 6. The van der Waals surface area contributed by atoms with Gasteiger partial charge in [-0.2, -0.15) is 26.3 Å². The first-order chi connectivity index (χ1) is 18.4. The molecule has 3 rings (SSSR count). The number of carbonyl (C=O) groups excluding carboxylic acids is 2. The number of nitrogens with zero attached hydrogens (tertiary/aromatic N) is 2. The van der Waals surface area contributed by atoms with Gasteiger partial charge in [0.2, 0.25) is 0 Å². The van der Waals surface area contributed by atoms with Crippen molar-refractivity contribution in [3.05, 3.63) is 58.7 Å². The normalized spacial score (nSPS) is 17.1. The monoisotopic (exact) mass is 635 g/mol. The van der Waals surface area contributed by atoms with Gasteiger partial charge in [-0.15, -0.1) is 0 Å². The molecular formula is C26H26CoF6N2O6. The Morgan fingerprint density at radius 2 is 1.00 bits per heavy atom. The maximum atomic E-state index is 12.8. The van der Waals surface area contributed by atoms with Crippen molar-refractivity contribution >= 4 is 24.4 Å². The third-order valence-corrected chi connectivity index (χ3v) is 5.22. The van der Waals surface area contributed by atoms with Crippen LogP contribution in [0.4, 0.5) is 26.3 Å². The minimum atomic E-state index is -4.53. The second-order valence-electron chi connectivity index (χ2n) is 8.54. The Balaban J connectivity index is 0.00000158. The van der Waals surface area contributed by atoms with E-state index in [1.807, 2.05) is 0 Å². The number of hydrogen-bond acceptors (Lipinski definition) is 8. The van der Waals surface area contributed by atoms with Crippen molar-refractivity contribution < 1.29 is 73.1 Å². The van der Waals surface area contributed by atoms with Gasteiger partial charge in [0.05, 0.1) is 23.2 Å². The molecule has 1 saturated carbocycles. The largest absolute Gasteiger partial charge is 2.00 e. The van der Waals surface area contributed by atoms with Crippen LogP contribution in [0.25, 0.3) is 0 Å². The molecule has 1 fully saturated rings. The van der Waals surface area contributed by atoms with E-state index in [0.717, 1.165) is 50.2 Å². The number of benzene rings is 2. The maximum Gasteiger partial charge on any atom is 2.00 e. The van der Waals surface area contributed by atoms with Gasteiger partial charge < -0.3 is 30.0 Å². The van der Waals surface area contributed by atoms with Gasteiger partial charge in [-0.25, -0.2) is 0 Å². The van der Waals surface area contributed by atoms with Crippen LogP contribution in [-0.4, -0.2) is 46.7 Å². The van der Waals surface area contributed by atoms with E-state index in [-0.39, 0.29) is 51.5 Å². The summed E-state index contributed by atoms with van der Waals surface area (Å²) in [4.78, 5) is 26.3. The van der Waals surface area contributed by atoms with Gasteiger partial charge in [-0.1, -0.05) is 0 Å². The first kappa shape index (κ1) is 37.4. The molecule has 227 valence electrons. The third-order valence-electron chi connectivity index (χ3n) is 5.22. The number of phenols is 2. The van der Waals surface area contributed by atoms with Crippen molar-refractivity contribution in [1.82, 2.24) is 0 Å². The van der Waals surface area contributed by atoms with E-state index in [1.54, 1.807) is 0 Å². The summed E-state index contributed by atoms with van der Waals surface area (Å²) in [6.07, 6.45) is -4.31. The molecular weight excluding hydrogens is 609 g/mol. The van der Waals surface area contributed by atoms with Crippen molar-refractivity contribution in [3.63, 3.8) is 0 Å². The van der Waals surface area contributed by atoms with Crippen molar-refractivity contribution in [3.8, 4) is 11.5 Å². The van der Waals surface area contributed by atoms with Crippen LogP contribution in [0.1, 0.15) is 61.8 Å². The van der Waals surface area contributed by atoms with Crippen LogP contribution in [0.5, 0.6) is 11.5 Å². The summed E-state index contributed by atoms with van der Waals surface area (Å²) in [6.45, 7) is 1.94. The average molecular weight is 635 g/mol. The Kier molecular flexibility index (Phi) is 15.2. The number of aliphatic imine (C=N–C) groups is 2. The second kappa shape index (κ2) is 16.6. The zero-order chi connectivity index (χ0) is 30.7. The van der Waals surface area contributed by atoms with E-state index >= 15 is 0 Å². The predicted molar refractivity (Wildman–Crippen MR) is 129 cm³/mol. The molecule has 0 bridgehead atoms. The molecule has 41 heavy (non-hydrogen) atoms. The number of aliphatic carboxylic acids is 2. The summed E-state index contributed by atoms with van der Waals surface area (Å²) < 4.78 is 77.0. The molecule has 0 heterocycles. The summed E-state index contributed by atoms with van der Waals surface area (Å²) in [5, 5.41) is 37.3.